The second-order valence-corrected chi connectivity index (χ2v) is 3.98. The largest absolute Gasteiger partial charge is 0.394 e. The average molecular weight is 263 g/mol. The van der Waals surface area contributed by atoms with E-state index < -0.39 is 17.5 Å². The standard InChI is InChI=1S/C9H11ClN2O5/c10-6-1-12(9(15)11-8(6)14)7-4-16-5(2-13)3-17-7/h1,5,7,13H,2-4H2,(H,11,14,15). The first kappa shape index (κ1) is 12.3. The van der Waals surface area contributed by atoms with Crippen molar-refractivity contribution in [3.05, 3.63) is 32.1 Å². The third kappa shape index (κ3) is 2.58. The predicted octanol–water partition coefficient (Wildman–Crippen LogP) is -0.904. The molecule has 7 nitrogen and oxygen atoms in total. The third-order valence-corrected chi connectivity index (χ3v) is 2.66. The van der Waals surface area contributed by atoms with Gasteiger partial charge in [0.15, 0.2) is 6.23 Å². The molecule has 0 aromatic carbocycles. The maximum absolute atomic E-state index is 11.5. The monoisotopic (exact) mass is 262 g/mol. The van der Waals surface area contributed by atoms with Gasteiger partial charge in [-0.25, -0.2) is 4.79 Å². The number of aromatic amines is 1. The van der Waals surface area contributed by atoms with E-state index in [0.717, 1.165) is 4.57 Å². The summed E-state index contributed by atoms with van der Waals surface area (Å²) in [7, 11) is 0. The van der Waals surface area contributed by atoms with Crippen LogP contribution in [0.25, 0.3) is 0 Å². The van der Waals surface area contributed by atoms with Crippen molar-refractivity contribution in [3.63, 3.8) is 0 Å². The Labute approximate surface area is 101 Å². The van der Waals surface area contributed by atoms with Crippen molar-refractivity contribution in [2.75, 3.05) is 19.8 Å². The number of aliphatic hydroxyl groups is 1. The Morgan fingerprint density at radius 2 is 2.24 bits per heavy atom. The SMILES string of the molecule is O=c1[nH]c(=O)n(C2COC(CO)CO2)cc1Cl. The number of rotatable bonds is 2. The van der Waals surface area contributed by atoms with Crippen molar-refractivity contribution in [3.8, 4) is 0 Å². The Morgan fingerprint density at radius 3 is 2.82 bits per heavy atom. The molecule has 2 N–H and O–H groups in total. The number of aliphatic hydroxyl groups excluding tert-OH is 1. The maximum atomic E-state index is 11.5. The predicted molar refractivity (Wildman–Crippen MR) is 58.1 cm³/mol. The van der Waals surface area contributed by atoms with Crippen LogP contribution in [0, 0.1) is 0 Å². The third-order valence-electron chi connectivity index (χ3n) is 2.39. The molecular formula is C9H11ClN2O5. The van der Waals surface area contributed by atoms with Crippen molar-refractivity contribution in [1.29, 1.82) is 0 Å². The number of nitrogens with zero attached hydrogens (tertiary/aromatic N) is 1. The lowest BCUT2D eigenvalue weighted by molar-refractivity contribution is -0.172. The molecule has 8 heteroatoms. The van der Waals surface area contributed by atoms with Gasteiger partial charge in [-0.1, -0.05) is 11.6 Å². The molecule has 2 heterocycles. The fourth-order valence-corrected chi connectivity index (χ4v) is 1.63. The smallest absolute Gasteiger partial charge is 0.330 e. The minimum Gasteiger partial charge on any atom is -0.394 e. The minimum absolute atomic E-state index is 0.0996. The number of hydrogen-bond donors (Lipinski definition) is 2. The summed E-state index contributed by atoms with van der Waals surface area (Å²) in [5, 5.41) is 8.74. The molecule has 1 saturated heterocycles. The molecule has 0 bridgehead atoms. The second kappa shape index (κ2) is 5.01. The quantitative estimate of drug-likeness (QED) is 0.720. The van der Waals surface area contributed by atoms with Crippen molar-refractivity contribution < 1.29 is 14.6 Å². The number of aromatic nitrogens is 2. The normalized spacial score (nSPS) is 24.8. The molecule has 94 valence electrons. The van der Waals surface area contributed by atoms with Gasteiger partial charge in [-0.15, -0.1) is 0 Å². The molecule has 2 unspecified atom stereocenters. The summed E-state index contributed by atoms with van der Waals surface area (Å²) >= 11 is 5.62. The first-order valence-electron chi connectivity index (χ1n) is 4.97. The summed E-state index contributed by atoms with van der Waals surface area (Å²) in [6.07, 6.45) is 0.163. The van der Waals surface area contributed by atoms with E-state index in [-0.39, 0.29) is 30.9 Å². The lowest BCUT2D eigenvalue weighted by Gasteiger charge is -2.29. The van der Waals surface area contributed by atoms with Crippen LogP contribution in [0.15, 0.2) is 15.8 Å². The fourth-order valence-electron chi connectivity index (χ4n) is 1.47. The summed E-state index contributed by atoms with van der Waals surface area (Å²) in [6, 6.07) is 0. The number of ether oxygens (including phenoxy) is 2. The molecule has 2 atom stereocenters. The molecule has 1 aromatic heterocycles. The highest BCUT2D eigenvalue weighted by molar-refractivity contribution is 6.30. The van der Waals surface area contributed by atoms with Gasteiger partial charge in [0.25, 0.3) is 5.56 Å². The van der Waals surface area contributed by atoms with Crippen molar-refractivity contribution >= 4 is 11.6 Å². The van der Waals surface area contributed by atoms with Gasteiger partial charge >= 0.3 is 5.69 Å². The van der Waals surface area contributed by atoms with Gasteiger partial charge in [-0.05, 0) is 0 Å². The van der Waals surface area contributed by atoms with Gasteiger partial charge in [0, 0.05) is 6.20 Å². The average Bonchev–Trinajstić information content (AvgIpc) is 2.34. The lowest BCUT2D eigenvalue weighted by atomic mass is 10.3. The Balaban J connectivity index is 2.22. The van der Waals surface area contributed by atoms with E-state index in [9.17, 15) is 9.59 Å². The summed E-state index contributed by atoms with van der Waals surface area (Å²) < 4.78 is 11.7. The van der Waals surface area contributed by atoms with E-state index in [1.165, 1.54) is 6.20 Å². The van der Waals surface area contributed by atoms with E-state index in [2.05, 4.69) is 4.98 Å². The van der Waals surface area contributed by atoms with Gasteiger partial charge in [0.2, 0.25) is 0 Å². The summed E-state index contributed by atoms with van der Waals surface area (Å²) in [5.41, 5.74) is -1.26. The Bertz CT molecular complexity index is 503. The van der Waals surface area contributed by atoms with E-state index in [1.807, 2.05) is 0 Å². The Hall–Kier alpha value is -1.15. The molecule has 17 heavy (non-hydrogen) atoms. The Morgan fingerprint density at radius 1 is 1.47 bits per heavy atom. The van der Waals surface area contributed by atoms with Crippen LogP contribution in [-0.2, 0) is 9.47 Å². The van der Waals surface area contributed by atoms with E-state index in [1.54, 1.807) is 0 Å². The van der Waals surface area contributed by atoms with Gasteiger partial charge in [0.05, 0.1) is 19.8 Å². The molecule has 0 saturated carbocycles. The summed E-state index contributed by atoms with van der Waals surface area (Å²) in [4.78, 5) is 24.6. The fraction of sp³-hybridized carbons (Fsp3) is 0.556. The van der Waals surface area contributed by atoms with Crippen LogP contribution < -0.4 is 11.2 Å². The lowest BCUT2D eigenvalue weighted by Crippen LogP contribution is -2.41. The van der Waals surface area contributed by atoms with E-state index in [4.69, 9.17) is 26.2 Å². The van der Waals surface area contributed by atoms with Crippen LogP contribution in [-0.4, -0.2) is 40.6 Å². The second-order valence-electron chi connectivity index (χ2n) is 3.57. The van der Waals surface area contributed by atoms with Crippen LogP contribution in [0.4, 0.5) is 0 Å². The highest BCUT2D eigenvalue weighted by Gasteiger charge is 2.24. The molecule has 0 spiro atoms. The number of nitrogens with one attached hydrogen (secondary N) is 1. The van der Waals surface area contributed by atoms with Crippen molar-refractivity contribution in [2.45, 2.75) is 12.3 Å². The summed E-state index contributed by atoms with van der Waals surface area (Å²) in [6.45, 7) is 0.131. The van der Waals surface area contributed by atoms with Crippen LogP contribution in [0.1, 0.15) is 6.23 Å². The van der Waals surface area contributed by atoms with Gasteiger partial charge in [0.1, 0.15) is 11.1 Å². The number of halogens is 1. The molecule has 2 rings (SSSR count). The zero-order chi connectivity index (χ0) is 12.4. The van der Waals surface area contributed by atoms with Gasteiger partial charge < -0.3 is 14.6 Å². The summed E-state index contributed by atoms with van der Waals surface area (Å²) in [5.74, 6) is 0. The van der Waals surface area contributed by atoms with E-state index in [0.29, 0.717) is 0 Å². The van der Waals surface area contributed by atoms with Gasteiger partial charge in [-0.3, -0.25) is 14.3 Å². The Kier molecular flexibility index (Phi) is 3.63. The number of H-pyrrole nitrogens is 1. The topological polar surface area (TPSA) is 93.6 Å². The van der Waals surface area contributed by atoms with Gasteiger partial charge in [-0.2, -0.15) is 0 Å². The molecule has 1 fully saturated rings. The van der Waals surface area contributed by atoms with Crippen molar-refractivity contribution in [2.24, 2.45) is 0 Å². The van der Waals surface area contributed by atoms with Crippen LogP contribution in [0.3, 0.4) is 0 Å². The zero-order valence-electron chi connectivity index (χ0n) is 8.76. The molecule has 1 aliphatic heterocycles. The number of hydrogen-bond acceptors (Lipinski definition) is 5. The highest BCUT2D eigenvalue weighted by atomic mass is 35.5. The molecule has 0 amide bonds. The highest BCUT2D eigenvalue weighted by Crippen LogP contribution is 2.15. The molecule has 0 aliphatic carbocycles. The van der Waals surface area contributed by atoms with Crippen LogP contribution in [0.2, 0.25) is 5.02 Å². The molecular weight excluding hydrogens is 252 g/mol. The molecule has 1 aliphatic rings. The van der Waals surface area contributed by atoms with E-state index >= 15 is 0 Å². The molecule has 1 aromatic rings. The van der Waals surface area contributed by atoms with Crippen LogP contribution in [0.5, 0.6) is 0 Å². The first-order valence-corrected chi connectivity index (χ1v) is 5.34. The molecule has 0 radical (unpaired) electrons. The zero-order valence-corrected chi connectivity index (χ0v) is 9.51. The van der Waals surface area contributed by atoms with Crippen LogP contribution >= 0.6 is 11.6 Å². The maximum Gasteiger partial charge on any atom is 0.330 e. The van der Waals surface area contributed by atoms with Crippen molar-refractivity contribution in [1.82, 2.24) is 9.55 Å². The first-order chi connectivity index (χ1) is 8.11. The minimum atomic E-state index is -0.653.